The van der Waals surface area contributed by atoms with Crippen molar-refractivity contribution in [1.29, 1.82) is 0 Å². The van der Waals surface area contributed by atoms with Gasteiger partial charge < -0.3 is 24.8 Å². The highest BCUT2D eigenvalue weighted by Gasteiger charge is 2.46. The van der Waals surface area contributed by atoms with Gasteiger partial charge in [0.2, 0.25) is 5.91 Å². The van der Waals surface area contributed by atoms with Crippen molar-refractivity contribution in [2.24, 2.45) is 5.41 Å². The maximum atomic E-state index is 14.6. The van der Waals surface area contributed by atoms with Gasteiger partial charge in [0.05, 0.1) is 47.1 Å². The van der Waals surface area contributed by atoms with Crippen LogP contribution in [0.25, 0.3) is 22.3 Å². The number of hydrogen-bond donors (Lipinski definition) is 3. The number of ether oxygens (including phenoxy) is 1. The number of aryl methyl sites for hydroxylation is 1. The summed E-state index contributed by atoms with van der Waals surface area (Å²) in [5.74, 6) is -1.56. The number of carbonyl (C=O) groups is 2. The number of carbonyl (C=O) groups excluding carboxylic acids is 2. The number of fused-ring (bicyclic) bond motifs is 5. The van der Waals surface area contributed by atoms with Crippen LogP contribution in [0.15, 0.2) is 23.0 Å². The normalized spacial score (nSPS) is 21.5. The standard InChI is InChI=1S/C28H28FN3O6/c1-4-28(37)17-9-20-23-15(10-32(20)24(34)16(17)11-38-26(28)36)22-18(31-25(35)27(2,3)12-33)6-5-13-7-14(29)8-19(30-23)21(13)22/h7-9,18,33,37H,4-6,10-12H2,1-3H3,(H,31,35)/t18-,28-/m0/s1. The van der Waals surface area contributed by atoms with E-state index in [0.29, 0.717) is 29.7 Å². The fourth-order valence-corrected chi connectivity index (χ4v) is 5.89. The van der Waals surface area contributed by atoms with Crippen molar-refractivity contribution in [2.75, 3.05) is 6.61 Å². The first-order valence-corrected chi connectivity index (χ1v) is 12.7. The fourth-order valence-electron chi connectivity index (χ4n) is 5.89. The maximum absolute atomic E-state index is 14.6. The Balaban J connectivity index is 1.60. The third-order valence-corrected chi connectivity index (χ3v) is 8.24. The molecule has 0 saturated heterocycles. The van der Waals surface area contributed by atoms with Crippen molar-refractivity contribution in [1.82, 2.24) is 14.9 Å². The second-order valence-electron chi connectivity index (χ2n) is 11.0. The van der Waals surface area contributed by atoms with E-state index in [1.165, 1.54) is 16.7 Å². The van der Waals surface area contributed by atoms with E-state index in [0.717, 1.165) is 22.1 Å². The van der Waals surface area contributed by atoms with Gasteiger partial charge in [-0.15, -0.1) is 0 Å². The van der Waals surface area contributed by atoms with E-state index in [4.69, 9.17) is 9.72 Å². The molecule has 0 unspecified atom stereocenters. The average molecular weight is 522 g/mol. The molecule has 2 aromatic heterocycles. The van der Waals surface area contributed by atoms with Gasteiger partial charge in [0.15, 0.2) is 5.60 Å². The molecule has 1 amide bonds. The van der Waals surface area contributed by atoms with E-state index in [9.17, 15) is 29.0 Å². The molecule has 3 N–H and O–H groups in total. The van der Waals surface area contributed by atoms with Crippen LogP contribution in [0.4, 0.5) is 4.39 Å². The Kier molecular flexibility index (Phi) is 5.32. The Morgan fingerprint density at radius 2 is 2.05 bits per heavy atom. The molecule has 0 radical (unpaired) electrons. The first-order chi connectivity index (χ1) is 18.0. The number of aromatic nitrogens is 2. The Labute approximate surface area is 217 Å². The maximum Gasteiger partial charge on any atom is 0.343 e. The molecule has 2 atom stereocenters. The van der Waals surface area contributed by atoms with Gasteiger partial charge in [0.1, 0.15) is 12.4 Å². The topological polar surface area (TPSA) is 131 Å². The lowest BCUT2D eigenvalue weighted by molar-refractivity contribution is -0.172. The average Bonchev–Trinajstić information content (AvgIpc) is 3.26. The molecule has 10 heteroatoms. The van der Waals surface area contributed by atoms with Crippen molar-refractivity contribution < 1.29 is 28.9 Å². The molecule has 6 rings (SSSR count). The third kappa shape index (κ3) is 3.29. The first kappa shape index (κ1) is 24.7. The summed E-state index contributed by atoms with van der Waals surface area (Å²) in [5, 5.41) is 24.7. The highest BCUT2D eigenvalue weighted by atomic mass is 19.1. The molecular formula is C28H28FN3O6. The molecule has 2 aliphatic heterocycles. The zero-order valence-electron chi connectivity index (χ0n) is 21.4. The first-order valence-electron chi connectivity index (χ1n) is 12.7. The van der Waals surface area contributed by atoms with Gasteiger partial charge in [-0.1, -0.05) is 6.92 Å². The molecule has 0 saturated carbocycles. The number of hydrogen-bond acceptors (Lipinski definition) is 7. The minimum absolute atomic E-state index is 0.0221. The number of aliphatic hydroxyl groups excluding tert-OH is 1. The number of benzene rings is 1. The van der Waals surface area contributed by atoms with E-state index >= 15 is 0 Å². The predicted molar refractivity (Wildman–Crippen MR) is 135 cm³/mol. The fraction of sp³-hybridized carbons (Fsp3) is 0.429. The number of amides is 1. The summed E-state index contributed by atoms with van der Waals surface area (Å²) >= 11 is 0. The van der Waals surface area contributed by atoms with E-state index in [-0.39, 0.29) is 43.2 Å². The van der Waals surface area contributed by atoms with Gasteiger partial charge >= 0.3 is 5.97 Å². The summed E-state index contributed by atoms with van der Waals surface area (Å²) in [6, 6.07) is 3.99. The van der Waals surface area contributed by atoms with Gasteiger partial charge in [0.25, 0.3) is 5.56 Å². The van der Waals surface area contributed by atoms with E-state index in [1.807, 2.05) is 0 Å². The minimum atomic E-state index is -1.96. The second kappa shape index (κ2) is 8.18. The number of rotatable bonds is 4. The van der Waals surface area contributed by atoms with E-state index < -0.39 is 34.4 Å². The number of halogens is 1. The number of esters is 1. The van der Waals surface area contributed by atoms with Crippen molar-refractivity contribution in [3.05, 3.63) is 62.2 Å². The quantitative estimate of drug-likeness (QED) is 0.352. The highest BCUT2D eigenvalue weighted by molar-refractivity contribution is 5.93. The van der Waals surface area contributed by atoms with Crippen molar-refractivity contribution in [3.63, 3.8) is 0 Å². The predicted octanol–water partition coefficient (Wildman–Crippen LogP) is 2.34. The van der Waals surface area contributed by atoms with Gasteiger partial charge in [-0.3, -0.25) is 9.59 Å². The highest BCUT2D eigenvalue weighted by Crippen LogP contribution is 2.45. The number of nitrogens with zero attached hydrogens (tertiary/aromatic N) is 2. The lowest BCUT2D eigenvalue weighted by atomic mass is 9.82. The number of nitrogens with one attached hydrogen (secondary N) is 1. The van der Waals surface area contributed by atoms with Crippen LogP contribution < -0.4 is 10.9 Å². The molecular weight excluding hydrogens is 493 g/mol. The van der Waals surface area contributed by atoms with Crippen LogP contribution in [-0.2, 0) is 39.5 Å². The summed E-state index contributed by atoms with van der Waals surface area (Å²) < 4.78 is 21.3. The molecule has 0 bridgehead atoms. The Morgan fingerprint density at radius 1 is 1.29 bits per heavy atom. The Hall–Kier alpha value is -3.63. The lowest BCUT2D eigenvalue weighted by Gasteiger charge is -2.31. The van der Waals surface area contributed by atoms with Crippen molar-refractivity contribution >= 4 is 22.8 Å². The summed E-state index contributed by atoms with van der Waals surface area (Å²) in [7, 11) is 0. The van der Waals surface area contributed by atoms with Crippen LogP contribution in [0, 0.1) is 11.2 Å². The van der Waals surface area contributed by atoms with Gasteiger partial charge in [-0.05, 0) is 56.4 Å². The Morgan fingerprint density at radius 3 is 2.76 bits per heavy atom. The molecule has 38 heavy (non-hydrogen) atoms. The summed E-state index contributed by atoms with van der Waals surface area (Å²) in [6.45, 7) is 4.54. The molecule has 1 aliphatic carbocycles. The van der Waals surface area contributed by atoms with Gasteiger partial charge in [-0.25, -0.2) is 14.2 Å². The monoisotopic (exact) mass is 521 g/mol. The molecule has 4 heterocycles. The van der Waals surface area contributed by atoms with Crippen LogP contribution >= 0.6 is 0 Å². The largest absolute Gasteiger partial charge is 0.458 e. The molecule has 198 valence electrons. The van der Waals surface area contributed by atoms with Crippen molar-refractivity contribution in [2.45, 2.75) is 64.8 Å². The molecule has 3 aromatic rings. The van der Waals surface area contributed by atoms with E-state index in [2.05, 4.69) is 5.32 Å². The zero-order chi connectivity index (χ0) is 27.1. The van der Waals surface area contributed by atoms with Crippen LogP contribution in [0.2, 0.25) is 0 Å². The lowest BCUT2D eigenvalue weighted by Crippen LogP contribution is -2.44. The van der Waals surface area contributed by atoms with Crippen molar-refractivity contribution in [3.8, 4) is 11.4 Å². The van der Waals surface area contributed by atoms with Gasteiger partial charge in [0, 0.05) is 22.6 Å². The summed E-state index contributed by atoms with van der Waals surface area (Å²) in [5.41, 5.74) is 0.597. The minimum Gasteiger partial charge on any atom is -0.458 e. The zero-order valence-corrected chi connectivity index (χ0v) is 21.4. The van der Waals surface area contributed by atoms with E-state index in [1.54, 1.807) is 26.8 Å². The molecule has 9 nitrogen and oxygen atoms in total. The second-order valence-corrected chi connectivity index (χ2v) is 11.0. The van der Waals surface area contributed by atoms with Crippen LogP contribution in [-0.4, -0.2) is 38.2 Å². The summed E-state index contributed by atoms with van der Waals surface area (Å²) in [6.07, 6.45) is 1.06. The molecule has 1 aromatic carbocycles. The van der Waals surface area contributed by atoms with Crippen LogP contribution in [0.1, 0.15) is 67.5 Å². The smallest absolute Gasteiger partial charge is 0.343 e. The van der Waals surface area contributed by atoms with Gasteiger partial charge in [-0.2, -0.15) is 0 Å². The van der Waals surface area contributed by atoms with Crippen LogP contribution in [0.5, 0.6) is 0 Å². The Bertz CT molecular complexity index is 1630. The van der Waals surface area contributed by atoms with Crippen LogP contribution in [0.3, 0.4) is 0 Å². The summed E-state index contributed by atoms with van der Waals surface area (Å²) in [4.78, 5) is 43.9. The molecule has 0 spiro atoms. The number of aliphatic hydroxyl groups is 2. The molecule has 3 aliphatic rings. The third-order valence-electron chi connectivity index (χ3n) is 8.24. The molecule has 0 fully saturated rings. The number of cyclic esters (lactones) is 1. The number of pyridine rings is 2. The SMILES string of the molecule is CC[C@@]1(O)C(=O)OCc2c1cc1n(c2=O)Cc2c-1nc1cc(F)cc3c1c2[C@@H](NC(=O)C(C)(C)CO)CC3.